The maximum Gasteiger partial charge on any atom is 0.316 e. The summed E-state index contributed by atoms with van der Waals surface area (Å²) in [5, 5.41) is 14.2. The van der Waals surface area contributed by atoms with Crippen LogP contribution < -0.4 is 10.1 Å². The molecular weight excluding hydrogens is 298 g/mol. The molecule has 0 bridgehead atoms. The highest BCUT2D eigenvalue weighted by molar-refractivity contribution is 5.93. The van der Waals surface area contributed by atoms with Crippen LogP contribution in [0.1, 0.15) is 16.2 Å². The number of hydrogen-bond acceptors (Lipinski definition) is 7. The molecule has 0 radical (unpaired) electrons. The van der Waals surface area contributed by atoms with Crippen molar-refractivity contribution < 1.29 is 9.53 Å². The van der Waals surface area contributed by atoms with Gasteiger partial charge in [-0.25, -0.2) is 9.97 Å². The Bertz CT molecular complexity index is 786. The predicted octanol–water partition coefficient (Wildman–Crippen LogP) is 0.391. The molecule has 2 heterocycles. The van der Waals surface area contributed by atoms with Gasteiger partial charge < -0.3 is 10.1 Å². The highest BCUT2D eigenvalue weighted by Gasteiger charge is 2.11. The Morgan fingerprint density at radius 3 is 2.65 bits per heavy atom. The van der Waals surface area contributed by atoms with Crippen LogP contribution in [-0.2, 0) is 6.54 Å². The topological polar surface area (TPSA) is 108 Å². The third kappa shape index (κ3) is 3.28. The molecule has 0 fully saturated rings. The number of tetrazole rings is 1. The lowest BCUT2D eigenvalue weighted by atomic mass is 10.3. The van der Waals surface area contributed by atoms with Crippen LogP contribution in [0.4, 0.5) is 0 Å². The van der Waals surface area contributed by atoms with E-state index in [1.165, 1.54) is 19.5 Å². The largest absolute Gasteiger partial charge is 0.467 e. The summed E-state index contributed by atoms with van der Waals surface area (Å²) in [5.41, 5.74) is 1.14. The Hall–Kier alpha value is -3.36. The lowest BCUT2D eigenvalue weighted by molar-refractivity contribution is 0.0948. The van der Waals surface area contributed by atoms with Crippen LogP contribution in [0.2, 0.25) is 0 Å². The molecular formula is C14H13N7O2. The summed E-state index contributed by atoms with van der Waals surface area (Å²) in [7, 11) is 1.46. The van der Waals surface area contributed by atoms with Crippen LogP contribution in [0.25, 0.3) is 5.69 Å². The highest BCUT2D eigenvalue weighted by atomic mass is 16.5. The van der Waals surface area contributed by atoms with E-state index in [9.17, 15) is 4.79 Å². The Morgan fingerprint density at radius 1 is 1.22 bits per heavy atom. The molecule has 23 heavy (non-hydrogen) atoms. The molecule has 9 nitrogen and oxygen atoms in total. The number of nitrogens with zero attached hydrogens (tertiary/aromatic N) is 6. The Balaban J connectivity index is 1.69. The molecule has 9 heteroatoms. The van der Waals surface area contributed by atoms with Gasteiger partial charge in [0, 0.05) is 12.4 Å². The van der Waals surface area contributed by atoms with Crippen molar-refractivity contribution in [2.45, 2.75) is 6.54 Å². The quantitative estimate of drug-likeness (QED) is 0.726. The minimum Gasteiger partial charge on any atom is -0.467 e. The molecule has 0 saturated heterocycles. The molecule has 0 aliphatic rings. The number of rotatable bonds is 5. The van der Waals surface area contributed by atoms with Crippen molar-refractivity contribution in [1.82, 2.24) is 35.5 Å². The lowest BCUT2D eigenvalue weighted by Crippen LogP contribution is -2.25. The zero-order valence-electron chi connectivity index (χ0n) is 12.2. The van der Waals surface area contributed by atoms with Gasteiger partial charge in [-0.15, -0.1) is 5.10 Å². The summed E-state index contributed by atoms with van der Waals surface area (Å²) in [6, 6.07) is 9.62. The van der Waals surface area contributed by atoms with Crippen LogP contribution in [0.3, 0.4) is 0 Å². The summed E-state index contributed by atoms with van der Waals surface area (Å²) in [4.78, 5) is 19.9. The van der Waals surface area contributed by atoms with E-state index in [0.717, 1.165) is 5.69 Å². The van der Waals surface area contributed by atoms with Gasteiger partial charge in [-0.1, -0.05) is 18.2 Å². The first-order valence-corrected chi connectivity index (χ1v) is 6.75. The van der Waals surface area contributed by atoms with Crippen molar-refractivity contribution in [2.75, 3.05) is 7.11 Å². The Labute approximate surface area is 131 Å². The molecule has 3 rings (SSSR count). The second kappa shape index (κ2) is 6.60. The lowest BCUT2D eigenvalue weighted by Gasteiger charge is -2.06. The molecule has 0 spiro atoms. The van der Waals surface area contributed by atoms with Gasteiger partial charge in [-0.05, 0) is 22.6 Å². The van der Waals surface area contributed by atoms with Gasteiger partial charge >= 0.3 is 6.01 Å². The standard InChI is InChI=1S/C14H13N7O2/c1-23-14-16-7-10(8-17-14)13(22)15-9-12-18-19-20-21(12)11-5-3-2-4-6-11/h2-8H,9H2,1H3,(H,15,22). The second-order valence-corrected chi connectivity index (χ2v) is 4.48. The van der Waals surface area contributed by atoms with Crippen molar-refractivity contribution in [3.8, 4) is 11.7 Å². The van der Waals surface area contributed by atoms with Gasteiger partial charge in [0.1, 0.15) is 0 Å². The molecule has 0 aliphatic carbocycles. The highest BCUT2D eigenvalue weighted by Crippen LogP contribution is 2.07. The summed E-state index contributed by atoms with van der Waals surface area (Å²) in [5.74, 6) is 0.189. The fourth-order valence-corrected chi connectivity index (χ4v) is 1.89. The monoisotopic (exact) mass is 311 g/mol. The van der Waals surface area contributed by atoms with Crippen molar-refractivity contribution in [1.29, 1.82) is 0 Å². The predicted molar refractivity (Wildman–Crippen MR) is 78.9 cm³/mol. The van der Waals surface area contributed by atoms with Gasteiger partial charge in [0.15, 0.2) is 5.82 Å². The maximum absolute atomic E-state index is 12.1. The molecule has 0 unspecified atom stereocenters. The number of aromatic nitrogens is 6. The Morgan fingerprint density at radius 2 is 1.96 bits per heavy atom. The van der Waals surface area contributed by atoms with Gasteiger partial charge in [-0.3, -0.25) is 4.79 Å². The van der Waals surface area contributed by atoms with Gasteiger partial charge in [0.2, 0.25) is 0 Å². The van der Waals surface area contributed by atoms with Crippen molar-refractivity contribution in [3.05, 3.63) is 54.1 Å². The molecule has 0 atom stereocenters. The normalized spacial score (nSPS) is 10.3. The van der Waals surface area contributed by atoms with Gasteiger partial charge in [-0.2, -0.15) is 4.68 Å². The first-order valence-electron chi connectivity index (χ1n) is 6.75. The average Bonchev–Trinajstić information content (AvgIpc) is 3.09. The molecule has 0 aliphatic heterocycles. The molecule has 1 amide bonds. The number of hydrogen-bond donors (Lipinski definition) is 1. The number of amides is 1. The smallest absolute Gasteiger partial charge is 0.316 e. The van der Waals surface area contributed by atoms with Gasteiger partial charge in [0.25, 0.3) is 5.91 Å². The van der Waals surface area contributed by atoms with E-state index >= 15 is 0 Å². The van der Waals surface area contributed by atoms with Crippen LogP contribution in [0.15, 0.2) is 42.7 Å². The number of methoxy groups -OCH3 is 1. The van der Waals surface area contributed by atoms with Crippen LogP contribution in [-0.4, -0.2) is 43.2 Å². The van der Waals surface area contributed by atoms with E-state index in [4.69, 9.17) is 4.74 Å². The Kier molecular flexibility index (Phi) is 4.18. The zero-order valence-corrected chi connectivity index (χ0v) is 12.2. The first-order chi connectivity index (χ1) is 11.3. The summed E-state index contributed by atoms with van der Waals surface area (Å²) < 4.78 is 6.41. The molecule has 116 valence electrons. The SMILES string of the molecule is COc1ncc(C(=O)NCc2nnnn2-c2ccccc2)cn1. The van der Waals surface area contributed by atoms with Crippen LogP contribution >= 0.6 is 0 Å². The molecule has 0 saturated carbocycles. The molecule has 1 N–H and O–H groups in total. The second-order valence-electron chi connectivity index (χ2n) is 4.48. The molecule has 1 aromatic carbocycles. The molecule has 3 aromatic rings. The van der Waals surface area contributed by atoms with Crippen molar-refractivity contribution >= 4 is 5.91 Å². The molecule has 2 aromatic heterocycles. The third-order valence-electron chi connectivity index (χ3n) is 3.01. The van der Waals surface area contributed by atoms with E-state index in [1.54, 1.807) is 4.68 Å². The van der Waals surface area contributed by atoms with Gasteiger partial charge in [0.05, 0.1) is 24.9 Å². The van der Waals surface area contributed by atoms with E-state index in [1.807, 2.05) is 30.3 Å². The zero-order chi connectivity index (χ0) is 16.1. The van der Waals surface area contributed by atoms with E-state index < -0.39 is 0 Å². The fraction of sp³-hybridized carbons (Fsp3) is 0.143. The number of carbonyl (C=O) groups excluding carboxylic acids is 1. The minimum atomic E-state index is -0.324. The van der Waals surface area contributed by atoms with Crippen molar-refractivity contribution in [2.24, 2.45) is 0 Å². The summed E-state index contributed by atoms with van der Waals surface area (Å²) >= 11 is 0. The average molecular weight is 311 g/mol. The fourth-order valence-electron chi connectivity index (χ4n) is 1.89. The third-order valence-corrected chi connectivity index (χ3v) is 3.01. The van der Waals surface area contributed by atoms with Crippen LogP contribution in [0.5, 0.6) is 6.01 Å². The minimum absolute atomic E-state index is 0.173. The summed E-state index contributed by atoms with van der Waals surface area (Å²) in [6.07, 6.45) is 2.78. The van der Waals surface area contributed by atoms with Crippen molar-refractivity contribution in [3.63, 3.8) is 0 Å². The van der Waals surface area contributed by atoms with E-state index in [-0.39, 0.29) is 18.5 Å². The first kappa shape index (κ1) is 14.6. The summed E-state index contributed by atoms with van der Waals surface area (Å²) in [6.45, 7) is 0.173. The number of carbonyl (C=O) groups is 1. The van der Waals surface area contributed by atoms with E-state index in [0.29, 0.717) is 11.4 Å². The number of ether oxygens (including phenoxy) is 1. The van der Waals surface area contributed by atoms with Crippen LogP contribution in [0, 0.1) is 0 Å². The number of nitrogens with one attached hydrogen (secondary N) is 1. The maximum atomic E-state index is 12.1. The number of benzene rings is 1. The number of para-hydroxylation sites is 1. The van der Waals surface area contributed by atoms with E-state index in [2.05, 4.69) is 30.8 Å².